The second-order valence-corrected chi connectivity index (χ2v) is 6.30. The summed E-state index contributed by atoms with van der Waals surface area (Å²) < 4.78 is 11.4. The maximum Gasteiger partial charge on any atom is 0.233 e. The quantitative estimate of drug-likeness (QED) is 0.888. The molecule has 0 radical (unpaired) electrons. The molecule has 21 heavy (non-hydrogen) atoms. The minimum Gasteiger partial charge on any atom is -0.492 e. The molecule has 1 aromatic rings. The molecule has 1 saturated heterocycles. The zero-order chi connectivity index (χ0) is 15.0. The fourth-order valence-corrected chi connectivity index (χ4v) is 3.15. The van der Waals surface area contributed by atoms with E-state index in [-0.39, 0.29) is 24.5 Å². The number of rotatable bonds is 2. The molecule has 2 aliphatic heterocycles. The maximum atomic E-state index is 12.8. The molecular weight excluding hydrogens is 270 g/mol. The van der Waals surface area contributed by atoms with Crippen LogP contribution in [0.2, 0.25) is 0 Å². The van der Waals surface area contributed by atoms with Gasteiger partial charge in [0.1, 0.15) is 18.3 Å². The van der Waals surface area contributed by atoms with Gasteiger partial charge in [-0.2, -0.15) is 0 Å². The number of morpholine rings is 1. The van der Waals surface area contributed by atoms with Gasteiger partial charge in [0, 0.05) is 18.7 Å². The van der Waals surface area contributed by atoms with Crippen molar-refractivity contribution in [2.24, 2.45) is 0 Å². The van der Waals surface area contributed by atoms with Crippen LogP contribution in [0.3, 0.4) is 0 Å². The lowest BCUT2D eigenvalue weighted by Gasteiger charge is -2.43. The predicted octanol–water partition coefficient (Wildman–Crippen LogP) is 1.16. The number of hydrogen-bond donors (Lipinski definition) is 1. The Morgan fingerprint density at radius 3 is 2.95 bits per heavy atom. The summed E-state index contributed by atoms with van der Waals surface area (Å²) in [5.41, 5.74) is 0.507. The van der Waals surface area contributed by atoms with Gasteiger partial charge in [0.25, 0.3) is 0 Å². The summed E-state index contributed by atoms with van der Waals surface area (Å²) in [6.07, 6.45) is -0.324. The molecular formula is C16H21NO4. The lowest BCUT2D eigenvalue weighted by atomic mass is 9.97. The normalized spacial score (nSPS) is 27.1. The highest BCUT2D eigenvalue weighted by molar-refractivity contribution is 5.85. The highest BCUT2D eigenvalue weighted by Crippen LogP contribution is 2.35. The molecule has 0 spiro atoms. The second-order valence-electron chi connectivity index (χ2n) is 6.30. The van der Waals surface area contributed by atoms with Crippen molar-refractivity contribution < 1.29 is 19.4 Å². The molecule has 1 amide bonds. The van der Waals surface area contributed by atoms with Crippen LogP contribution in [0.15, 0.2) is 24.3 Å². The molecule has 2 atom stereocenters. The van der Waals surface area contributed by atoms with Gasteiger partial charge < -0.3 is 19.5 Å². The number of benzene rings is 1. The molecule has 0 aromatic heterocycles. The largest absolute Gasteiger partial charge is 0.492 e. The number of carbonyl (C=O) groups excluding carboxylic acids is 1. The van der Waals surface area contributed by atoms with Crippen LogP contribution in [0.25, 0.3) is 0 Å². The first-order chi connectivity index (χ1) is 10.00. The molecule has 0 bridgehead atoms. The van der Waals surface area contributed by atoms with Crippen LogP contribution in [-0.2, 0) is 9.53 Å². The third-order valence-corrected chi connectivity index (χ3v) is 3.99. The number of aliphatic hydroxyl groups excluding tert-OH is 1. The maximum absolute atomic E-state index is 12.8. The molecule has 1 N–H and O–H groups in total. The zero-order valence-corrected chi connectivity index (χ0v) is 12.4. The van der Waals surface area contributed by atoms with Gasteiger partial charge >= 0.3 is 0 Å². The number of ether oxygens (including phenoxy) is 2. The Hall–Kier alpha value is -1.59. The lowest BCUT2D eigenvalue weighted by Crippen LogP contribution is -2.56. The van der Waals surface area contributed by atoms with Crippen molar-refractivity contribution in [3.05, 3.63) is 29.8 Å². The van der Waals surface area contributed by atoms with Crippen molar-refractivity contribution in [1.29, 1.82) is 0 Å². The first-order valence-electron chi connectivity index (χ1n) is 7.29. The molecule has 5 nitrogen and oxygen atoms in total. The van der Waals surface area contributed by atoms with Crippen LogP contribution in [0.5, 0.6) is 5.75 Å². The lowest BCUT2D eigenvalue weighted by molar-refractivity contribution is -0.168. The van der Waals surface area contributed by atoms with Crippen LogP contribution in [0.1, 0.15) is 25.3 Å². The molecule has 1 aromatic carbocycles. The Balaban J connectivity index is 1.79. The minimum atomic E-state index is -0.444. The number of nitrogens with zero attached hydrogens (tertiary/aromatic N) is 1. The van der Waals surface area contributed by atoms with E-state index in [0.717, 1.165) is 11.3 Å². The zero-order valence-electron chi connectivity index (χ0n) is 12.4. The summed E-state index contributed by atoms with van der Waals surface area (Å²) in [7, 11) is 0. The van der Waals surface area contributed by atoms with Gasteiger partial charge in [-0.25, -0.2) is 0 Å². The molecule has 3 rings (SSSR count). The molecule has 1 fully saturated rings. The number of amides is 1. The SMILES string of the molecule is CC1(C)CN(C(=O)C2COc3ccccc32)CC(CO)O1. The van der Waals surface area contributed by atoms with E-state index >= 15 is 0 Å². The van der Waals surface area contributed by atoms with E-state index < -0.39 is 5.60 Å². The molecule has 2 heterocycles. The first-order valence-corrected chi connectivity index (χ1v) is 7.29. The summed E-state index contributed by atoms with van der Waals surface area (Å²) in [4.78, 5) is 14.6. The highest BCUT2D eigenvalue weighted by Gasteiger charge is 2.40. The van der Waals surface area contributed by atoms with Crippen molar-refractivity contribution in [1.82, 2.24) is 4.90 Å². The van der Waals surface area contributed by atoms with Gasteiger partial charge in [-0.15, -0.1) is 0 Å². The minimum absolute atomic E-state index is 0.0507. The molecule has 5 heteroatoms. The summed E-state index contributed by atoms with van der Waals surface area (Å²) in [6.45, 7) is 5.14. The molecule has 0 aliphatic carbocycles. The van der Waals surface area contributed by atoms with Crippen molar-refractivity contribution in [2.45, 2.75) is 31.5 Å². The van der Waals surface area contributed by atoms with Gasteiger partial charge in [0.15, 0.2) is 0 Å². The van der Waals surface area contributed by atoms with Gasteiger partial charge in [-0.1, -0.05) is 18.2 Å². The Morgan fingerprint density at radius 1 is 1.43 bits per heavy atom. The number of para-hydroxylation sites is 1. The summed E-state index contributed by atoms with van der Waals surface area (Å²) >= 11 is 0. The van der Waals surface area contributed by atoms with Crippen molar-refractivity contribution in [2.75, 3.05) is 26.3 Å². The Morgan fingerprint density at radius 2 is 2.19 bits per heavy atom. The van der Waals surface area contributed by atoms with Crippen molar-refractivity contribution in [3.63, 3.8) is 0 Å². The van der Waals surface area contributed by atoms with E-state index in [9.17, 15) is 9.90 Å². The predicted molar refractivity (Wildman–Crippen MR) is 77.3 cm³/mol. The standard InChI is InChI=1S/C16H21NO4/c1-16(2)10-17(7-11(8-18)21-16)15(19)13-9-20-14-6-4-3-5-12(13)14/h3-6,11,13,18H,7-10H2,1-2H3. The van der Waals surface area contributed by atoms with E-state index in [0.29, 0.717) is 19.7 Å². The van der Waals surface area contributed by atoms with Crippen LogP contribution in [0, 0.1) is 0 Å². The average molecular weight is 291 g/mol. The van der Waals surface area contributed by atoms with Crippen LogP contribution < -0.4 is 4.74 Å². The third kappa shape index (κ3) is 2.76. The number of aliphatic hydroxyl groups is 1. The summed E-state index contributed by atoms with van der Waals surface area (Å²) in [5.74, 6) is 0.589. The van der Waals surface area contributed by atoms with Gasteiger partial charge in [-0.05, 0) is 19.9 Å². The van der Waals surface area contributed by atoms with Crippen molar-refractivity contribution in [3.8, 4) is 5.75 Å². The van der Waals surface area contributed by atoms with Crippen LogP contribution in [-0.4, -0.2) is 53.9 Å². The topological polar surface area (TPSA) is 59.0 Å². The fourth-order valence-electron chi connectivity index (χ4n) is 3.15. The third-order valence-electron chi connectivity index (χ3n) is 3.99. The molecule has 114 valence electrons. The van der Waals surface area contributed by atoms with E-state index in [1.54, 1.807) is 4.90 Å². The fraction of sp³-hybridized carbons (Fsp3) is 0.562. The number of fused-ring (bicyclic) bond motifs is 1. The monoisotopic (exact) mass is 291 g/mol. The van der Waals surface area contributed by atoms with Gasteiger partial charge in [0.2, 0.25) is 5.91 Å². The molecule has 2 unspecified atom stereocenters. The van der Waals surface area contributed by atoms with E-state index in [1.807, 2.05) is 38.1 Å². The first kappa shape index (κ1) is 14.4. The second kappa shape index (κ2) is 5.31. The van der Waals surface area contributed by atoms with Crippen LogP contribution in [0.4, 0.5) is 0 Å². The Bertz CT molecular complexity index is 543. The summed E-state index contributed by atoms with van der Waals surface area (Å²) in [5, 5.41) is 9.36. The van der Waals surface area contributed by atoms with Crippen molar-refractivity contribution >= 4 is 5.91 Å². The van der Waals surface area contributed by atoms with Gasteiger partial charge in [0.05, 0.1) is 18.3 Å². The molecule has 2 aliphatic rings. The highest BCUT2D eigenvalue weighted by atomic mass is 16.5. The average Bonchev–Trinajstić information content (AvgIpc) is 2.88. The van der Waals surface area contributed by atoms with E-state index in [2.05, 4.69) is 0 Å². The Kier molecular flexibility index (Phi) is 3.63. The number of hydrogen-bond acceptors (Lipinski definition) is 4. The smallest absolute Gasteiger partial charge is 0.233 e. The van der Waals surface area contributed by atoms with Crippen LogP contribution >= 0.6 is 0 Å². The van der Waals surface area contributed by atoms with Gasteiger partial charge in [-0.3, -0.25) is 4.79 Å². The summed E-state index contributed by atoms with van der Waals surface area (Å²) in [6, 6.07) is 7.67. The Labute approximate surface area is 124 Å². The molecule has 0 saturated carbocycles. The number of carbonyl (C=O) groups is 1. The van der Waals surface area contributed by atoms with E-state index in [1.165, 1.54) is 0 Å². The van der Waals surface area contributed by atoms with E-state index in [4.69, 9.17) is 9.47 Å².